The van der Waals surface area contributed by atoms with Crippen molar-refractivity contribution in [3.63, 3.8) is 0 Å². The maximum atomic E-state index is 11.9. The Morgan fingerprint density at radius 1 is 1.47 bits per heavy atom. The fourth-order valence-corrected chi connectivity index (χ4v) is 2.05. The Morgan fingerprint density at radius 2 is 2.18 bits per heavy atom. The molecule has 1 rings (SSSR count). The number of amides is 1. The molecule has 1 saturated heterocycles. The lowest BCUT2D eigenvalue weighted by Gasteiger charge is -2.36. The molecule has 0 radical (unpaired) electrons. The fourth-order valence-electron chi connectivity index (χ4n) is 2.05. The highest BCUT2D eigenvalue weighted by Crippen LogP contribution is 2.14. The van der Waals surface area contributed by atoms with Crippen LogP contribution in [0, 0.1) is 0 Å². The molecule has 2 unspecified atom stereocenters. The molecule has 1 aliphatic rings. The highest BCUT2D eigenvalue weighted by atomic mass is 35.5. The summed E-state index contributed by atoms with van der Waals surface area (Å²) in [6, 6.07) is 0. The molecule has 2 atom stereocenters. The summed E-state index contributed by atoms with van der Waals surface area (Å²) in [6.07, 6.45) is 2.93. The van der Waals surface area contributed by atoms with Gasteiger partial charge in [0.2, 0.25) is 5.91 Å². The van der Waals surface area contributed by atoms with Crippen LogP contribution in [0.4, 0.5) is 0 Å². The Labute approximate surface area is 110 Å². The number of hydrogen-bond donors (Lipinski definition) is 1. The van der Waals surface area contributed by atoms with E-state index in [1.807, 2.05) is 18.9 Å². The van der Waals surface area contributed by atoms with Gasteiger partial charge in [-0.3, -0.25) is 4.79 Å². The summed E-state index contributed by atoms with van der Waals surface area (Å²) in [4.78, 5) is 13.9. The Hall–Kier alpha value is -0.320. The van der Waals surface area contributed by atoms with E-state index < -0.39 is 0 Å². The van der Waals surface area contributed by atoms with Crippen molar-refractivity contribution in [2.45, 2.75) is 45.3 Å². The van der Waals surface area contributed by atoms with E-state index in [-0.39, 0.29) is 30.5 Å². The average Bonchev–Trinajstić information content (AvgIpc) is 2.28. The standard InChI is InChI=1S/C12H24N2O2.ClH/c1-4-11-9-14(8-10(2)16-11)12(15)6-5-7-13-3;/h10-11,13H,4-9H2,1-3H3;1H. The average molecular weight is 265 g/mol. The highest BCUT2D eigenvalue weighted by Gasteiger charge is 2.26. The van der Waals surface area contributed by atoms with Crippen molar-refractivity contribution in [3.05, 3.63) is 0 Å². The van der Waals surface area contributed by atoms with Crippen molar-refractivity contribution >= 4 is 18.3 Å². The molecule has 1 amide bonds. The summed E-state index contributed by atoms with van der Waals surface area (Å²) in [7, 11) is 1.91. The van der Waals surface area contributed by atoms with Gasteiger partial charge >= 0.3 is 0 Å². The van der Waals surface area contributed by atoms with Crippen LogP contribution in [0.5, 0.6) is 0 Å². The minimum Gasteiger partial charge on any atom is -0.372 e. The molecule has 0 spiro atoms. The van der Waals surface area contributed by atoms with Gasteiger partial charge in [0.25, 0.3) is 0 Å². The molecule has 17 heavy (non-hydrogen) atoms. The minimum atomic E-state index is 0. The van der Waals surface area contributed by atoms with Crippen molar-refractivity contribution in [3.8, 4) is 0 Å². The molecule has 1 aliphatic heterocycles. The summed E-state index contributed by atoms with van der Waals surface area (Å²) in [5, 5.41) is 3.06. The first kappa shape index (κ1) is 16.7. The Morgan fingerprint density at radius 3 is 2.76 bits per heavy atom. The number of rotatable bonds is 5. The van der Waals surface area contributed by atoms with Gasteiger partial charge in [0.1, 0.15) is 0 Å². The first-order chi connectivity index (χ1) is 7.67. The molecule has 0 bridgehead atoms. The maximum Gasteiger partial charge on any atom is 0.222 e. The minimum absolute atomic E-state index is 0. The third-order valence-corrected chi connectivity index (χ3v) is 2.95. The zero-order valence-electron chi connectivity index (χ0n) is 11.1. The van der Waals surface area contributed by atoms with E-state index in [9.17, 15) is 4.79 Å². The fraction of sp³-hybridized carbons (Fsp3) is 0.917. The lowest BCUT2D eigenvalue weighted by atomic mass is 10.1. The van der Waals surface area contributed by atoms with Crippen molar-refractivity contribution in [1.29, 1.82) is 0 Å². The third kappa shape index (κ3) is 5.70. The van der Waals surface area contributed by atoms with Gasteiger partial charge in [0.15, 0.2) is 0 Å². The Balaban J connectivity index is 0.00000256. The molecule has 0 saturated carbocycles. The van der Waals surface area contributed by atoms with Crippen LogP contribution in [0.1, 0.15) is 33.1 Å². The zero-order chi connectivity index (χ0) is 12.0. The molecule has 0 aliphatic carbocycles. The summed E-state index contributed by atoms with van der Waals surface area (Å²) < 4.78 is 5.74. The number of morpholine rings is 1. The van der Waals surface area contributed by atoms with Crippen LogP contribution < -0.4 is 5.32 Å². The van der Waals surface area contributed by atoms with E-state index in [1.54, 1.807) is 0 Å². The monoisotopic (exact) mass is 264 g/mol. The van der Waals surface area contributed by atoms with Gasteiger partial charge in [-0.1, -0.05) is 6.92 Å². The molecular weight excluding hydrogens is 240 g/mol. The van der Waals surface area contributed by atoms with E-state index >= 15 is 0 Å². The van der Waals surface area contributed by atoms with E-state index in [0.29, 0.717) is 6.42 Å². The number of hydrogen-bond acceptors (Lipinski definition) is 3. The zero-order valence-corrected chi connectivity index (χ0v) is 11.9. The Kier molecular flexibility index (Phi) is 8.56. The van der Waals surface area contributed by atoms with Crippen LogP contribution in [0.3, 0.4) is 0 Å². The van der Waals surface area contributed by atoms with Crippen molar-refractivity contribution in [2.24, 2.45) is 0 Å². The predicted molar refractivity (Wildman–Crippen MR) is 71.6 cm³/mol. The van der Waals surface area contributed by atoms with Crippen LogP contribution in [-0.2, 0) is 9.53 Å². The van der Waals surface area contributed by atoms with Crippen LogP contribution in [-0.4, -0.2) is 49.7 Å². The molecule has 0 aromatic carbocycles. The summed E-state index contributed by atoms with van der Waals surface area (Å²) >= 11 is 0. The normalized spacial score (nSPS) is 24.3. The topological polar surface area (TPSA) is 41.6 Å². The molecule has 1 fully saturated rings. The number of nitrogens with zero attached hydrogens (tertiary/aromatic N) is 1. The van der Waals surface area contributed by atoms with E-state index in [2.05, 4.69) is 12.2 Å². The summed E-state index contributed by atoms with van der Waals surface area (Å²) in [5.41, 5.74) is 0. The molecule has 1 heterocycles. The molecule has 1 N–H and O–H groups in total. The third-order valence-electron chi connectivity index (χ3n) is 2.95. The maximum absolute atomic E-state index is 11.9. The van der Waals surface area contributed by atoms with E-state index in [0.717, 1.165) is 32.5 Å². The SMILES string of the molecule is CCC1CN(C(=O)CCCNC)CC(C)O1.Cl. The van der Waals surface area contributed by atoms with Crippen LogP contribution in [0.15, 0.2) is 0 Å². The molecule has 4 nitrogen and oxygen atoms in total. The second kappa shape index (κ2) is 8.72. The number of carbonyl (C=O) groups is 1. The highest BCUT2D eigenvalue weighted by molar-refractivity contribution is 5.85. The van der Waals surface area contributed by atoms with Gasteiger partial charge in [-0.15, -0.1) is 12.4 Å². The second-order valence-electron chi connectivity index (χ2n) is 4.48. The van der Waals surface area contributed by atoms with Gasteiger partial charge in [0.05, 0.1) is 12.2 Å². The molecular formula is C12H25ClN2O2. The van der Waals surface area contributed by atoms with Crippen LogP contribution >= 0.6 is 12.4 Å². The molecule has 102 valence electrons. The van der Waals surface area contributed by atoms with Crippen molar-refractivity contribution < 1.29 is 9.53 Å². The van der Waals surface area contributed by atoms with E-state index in [4.69, 9.17) is 4.74 Å². The molecule has 5 heteroatoms. The first-order valence-corrected chi connectivity index (χ1v) is 6.25. The van der Waals surface area contributed by atoms with Crippen LogP contribution in [0.25, 0.3) is 0 Å². The summed E-state index contributed by atoms with van der Waals surface area (Å²) in [5.74, 6) is 0.267. The van der Waals surface area contributed by atoms with Gasteiger partial charge < -0.3 is 15.0 Å². The second-order valence-corrected chi connectivity index (χ2v) is 4.48. The quantitative estimate of drug-likeness (QED) is 0.764. The largest absolute Gasteiger partial charge is 0.372 e. The molecule has 0 aromatic rings. The molecule has 0 aromatic heterocycles. The van der Waals surface area contributed by atoms with Crippen molar-refractivity contribution in [2.75, 3.05) is 26.7 Å². The Bertz CT molecular complexity index is 227. The lowest BCUT2D eigenvalue weighted by molar-refractivity contribution is -0.144. The van der Waals surface area contributed by atoms with Crippen LogP contribution in [0.2, 0.25) is 0 Å². The predicted octanol–water partition coefficient (Wildman–Crippen LogP) is 1.43. The van der Waals surface area contributed by atoms with Gasteiger partial charge in [0, 0.05) is 19.5 Å². The summed E-state index contributed by atoms with van der Waals surface area (Å²) in [6.45, 7) is 6.55. The number of nitrogens with one attached hydrogen (secondary N) is 1. The smallest absolute Gasteiger partial charge is 0.222 e. The number of carbonyl (C=O) groups excluding carboxylic acids is 1. The van der Waals surface area contributed by atoms with Gasteiger partial charge in [-0.25, -0.2) is 0 Å². The number of ether oxygens (including phenoxy) is 1. The first-order valence-electron chi connectivity index (χ1n) is 6.25. The lowest BCUT2D eigenvalue weighted by Crippen LogP contribution is -2.49. The number of halogens is 1. The van der Waals surface area contributed by atoms with Crippen molar-refractivity contribution in [1.82, 2.24) is 10.2 Å². The van der Waals surface area contributed by atoms with E-state index in [1.165, 1.54) is 0 Å². The van der Waals surface area contributed by atoms with Gasteiger partial charge in [-0.05, 0) is 33.4 Å². The van der Waals surface area contributed by atoms with Gasteiger partial charge in [-0.2, -0.15) is 0 Å².